The fourth-order valence-electron chi connectivity index (χ4n) is 5.60. The molecule has 2 fully saturated rings. The first-order chi connectivity index (χ1) is 15.7. The average Bonchev–Trinajstić information content (AvgIpc) is 3.18. The largest absolute Gasteiger partial charge is 0.414 e. The summed E-state index contributed by atoms with van der Waals surface area (Å²) in [5, 5.41) is 11.0. The van der Waals surface area contributed by atoms with Crippen LogP contribution in [0.4, 0.5) is 0 Å². The monoisotopic (exact) mass is 508 g/mol. The van der Waals surface area contributed by atoms with Crippen LogP contribution < -0.4 is 0 Å². The summed E-state index contributed by atoms with van der Waals surface area (Å²) in [6.07, 6.45) is 14.0. The summed E-state index contributed by atoms with van der Waals surface area (Å²) in [5.74, 6) is 1.09. The number of fused-ring (bicyclic) bond motifs is 1. The average molecular weight is 509 g/mol. The minimum absolute atomic E-state index is 0.173. The predicted octanol–water partition coefficient (Wildman–Crippen LogP) is 8.48. The maximum atomic E-state index is 10.8. The fourth-order valence-corrected chi connectivity index (χ4v) is 9.30. The van der Waals surface area contributed by atoms with Crippen molar-refractivity contribution in [3.8, 4) is 0 Å². The Morgan fingerprint density at radius 1 is 1.06 bits per heavy atom. The van der Waals surface area contributed by atoms with Gasteiger partial charge in [0.1, 0.15) is 0 Å². The molecule has 2 aliphatic carbocycles. The first kappa shape index (κ1) is 30.0. The van der Waals surface area contributed by atoms with Gasteiger partial charge in [-0.15, -0.1) is 0 Å². The molecular weight excluding hydrogens is 452 g/mol. The highest BCUT2D eigenvalue weighted by Crippen LogP contribution is 2.52. The maximum absolute atomic E-state index is 10.8. The summed E-state index contributed by atoms with van der Waals surface area (Å²) < 4.78 is 13.8. The summed E-state index contributed by atoms with van der Waals surface area (Å²) >= 11 is 0. The predicted molar refractivity (Wildman–Crippen MR) is 152 cm³/mol. The lowest BCUT2D eigenvalue weighted by Gasteiger charge is -2.39. The topological polar surface area (TPSA) is 38.7 Å². The number of aliphatic hydroxyl groups excluding tert-OH is 1. The van der Waals surface area contributed by atoms with Crippen molar-refractivity contribution in [3.05, 3.63) is 24.3 Å². The Morgan fingerprint density at radius 2 is 1.71 bits per heavy atom. The standard InChI is InChI=1S/C29H56O3Si2/c1-11-13-15-16-23(31-34(9,10)29(4,5)6)17-18-24-25-20-22(3)28(30)26(25)21-27(24)32-33(7,8)19-14-12-2/h17-18,23-28,30H,3,11-16,19-21H2,1-2,4-10H3/b18-17+/t23-,24-,25+,26-,27+,28?/m0/s1. The van der Waals surface area contributed by atoms with Gasteiger partial charge in [0.2, 0.25) is 0 Å². The molecule has 0 heterocycles. The van der Waals surface area contributed by atoms with E-state index in [4.69, 9.17) is 8.85 Å². The van der Waals surface area contributed by atoms with Crippen LogP contribution in [0.1, 0.15) is 86.0 Å². The summed E-state index contributed by atoms with van der Waals surface area (Å²) in [7, 11) is -3.58. The zero-order valence-corrected chi connectivity index (χ0v) is 26.0. The second kappa shape index (κ2) is 12.4. The van der Waals surface area contributed by atoms with Crippen LogP contribution in [0.15, 0.2) is 24.3 Å². The molecule has 0 aromatic carbocycles. The van der Waals surface area contributed by atoms with Crippen LogP contribution in [0.5, 0.6) is 0 Å². The Labute approximate surface area is 214 Å². The third kappa shape index (κ3) is 7.90. The van der Waals surface area contributed by atoms with Gasteiger partial charge in [0, 0.05) is 5.92 Å². The molecule has 1 unspecified atom stereocenters. The normalized spacial score (nSPS) is 29.2. The maximum Gasteiger partial charge on any atom is 0.192 e. The van der Waals surface area contributed by atoms with Crippen LogP contribution in [0, 0.1) is 17.8 Å². The van der Waals surface area contributed by atoms with Crippen LogP contribution in [0.25, 0.3) is 0 Å². The van der Waals surface area contributed by atoms with E-state index in [0.29, 0.717) is 17.8 Å². The van der Waals surface area contributed by atoms with E-state index in [0.717, 1.165) is 24.8 Å². The molecule has 3 nitrogen and oxygen atoms in total. The first-order valence-corrected chi connectivity index (χ1v) is 20.1. The molecular formula is C29H56O3Si2. The lowest BCUT2D eigenvalue weighted by molar-refractivity contribution is 0.132. The van der Waals surface area contributed by atoms with Gasteiger partial charge in [-0.2, -0.15) is 0 Å². The number of rotatable bonds is 13. The molecule has 34 heavy (non-hydrogen) atoms. The highest BCUT2D eigenvalue weighted by Gasteiger charge is 2.51. The third-order valence-electron chi connectivity index (χ3n) is 8.79. The Balaban J connectivity index is 2.25. The zero-order valence-electron chi connectivity index (χ0n) is 24.0. The minimum Gasteiger partial charge on any atom is -0.414 e. The molecule has 0 aromatic rings. The molecule has 2 saturated carbocycles. The lowest BCUT2D eigenvalue weighted by atomic mass is 9.90. The summed E-state index contributed by atoms with van der Waals surface area (Å²) in [4.78, 5) is 0. The van der Waals surface area contributed by atoms with Gasteiger partial charge in [-0.25, -0.2) is 0 Å². The number of unbranched alkanes of at least 4 members (excludes halogenated alkanes) is 3. The van der Waals surface area contributed by atoms with Crippen LogP contribution in [0.2, 0.25) is 37.3 Å². The SMILES string of the molecule is C=C1C[C@@H]2[C@H](/C=C/[C@H](CCCCC)O[Si](C)(C)C(C)(C)C)[C@H](O[Si](C)(C)CCCC)C[C@@H]2C1O. The van der Waals surface area contributed by atoms with E-state index in [2.05, 4.69) is 79.5 Å². The summed E-state index contributed by atoms with van der Waals surface area (Å²) in [6, 6.07) is 1.22. The van der Waals surface area contributed by atoms with Gasteiger partial charge in [-0.3, -0.25) is 0 Å². The molecule has 0 amide bonds. The van der Waals surface area contributed by atoms with Crippen molar-refractivity contribution in [2.24, 2.45) is 17.8 Å². The third-order valence-corrected chi connectivity index (χ3v) is 15.8. The lowest BCUT2D eigenvalue weighted by Crippen LogP contribution is -2.43. The molecule has 0 aliphatic heterocycles. The van der Waals surface area contributed by atoms with Crippen LogP contribution in [-0.4, -0.2) is 40.1 Å². The Bertz CT molecular complexity index is 679. The minimum atomic E-state index is -1.85. The van der Waals surface area contributed by atoms with Crippen molar-refractivity contribution in [1.82, 2.24) is 0 Å². The van der Waals surface area contributed by atoms with Crippen molar-refractivity contribution < 1.29 is 14.0 Å². The molecule has 0 saturated heterocycles. The van der Waals surface area contributed by atoms with Crippen molar-refractivity contribution in [2.75, 3.05) is 0 Å². The molecule has 1 N–H and O–H groups in total. The van der Waals surface area contributed by atoms with Crippen molar-refractivity contribution >= 4 is 16.6 Å². The molecule has 0 bridgehead atoms. The number of hydrogen-bond donors (Lipinski definition) is 1. The van der Waals surface area contributed by atoms with Crippen LogP contribution in [0.3, 0.4) is 0 Å². The zero-order chi connectivity index (χ0) is 25.7. The molecule has 5 heteroatoms. The Morgan fingerprint density at radius 3 is 2.29 bits per heavy atom. The Kier molecular flexibility index (Phi) is 10.9. The summed E-state index contributed by atoms with van der Waals surface area (Å²) in [5.41, 5.74) is 1.02. The second-order valence-electron chi connectivity index (χ2n) is 13.3. The van der Waals surface area contributed by atoms with E-state index in [1.165, 1.54) is 38.1 Å². The van der Waals surface area contributed by atoms with Gasteiger partial charge in [0.05, 0.1) is 18.3 Å². The molecule has 0 radical (unpaired) electrons. The van der Waals surface area contributed by atoms with Crippen LogP contribution >= 0.6 is 0 Å². The van der Waals surface area contributed by atoms with E-state index in [9.17, 15) is 5.11 Å². The van der Waals surface area contributed by atoms with Gasteiger partial charge in [0.25, 0.3) is 0 Å². The van der Waals surface area contributed by atoms with E-state index in [1.54, 1.807) is 0 Å². The van der Waals surface area contributed by atoms with Gasteiger partial charge < -0.3 is 14.0 Å². The second-order valence-corrected chi connectivity index (χ2v) is 22.3. The highest BCUT2D eigenvalue weighted by atomic mass is 28.4. The molecule has 198 valence electrons. The molecule has 2 rings (SSSR count). The van der Waals surface area contributed by atoms with Crippen LogP contribution in [-0.2, 0) is 8.85 Å². The fraction of sp³-hybridized carbons (Fsp3) is 0.862. The molecule has 0 aromatic heterocycles. The quantitative estimate of drug-likeness (QED) is 0.154. The van der Waals surface area contributed by atoms with Gasteiger partial charge in [0.15, 0.2) is 16.6 Å². The van der Waals surface area contributed by atoms with Crippen molar-refractivity contribution in [3.63, 3.8) is 0 Å². The molecule has 2 aliphatic rings. The van der Waals surface area contributed by atoms with Crippen molar-refractivity contribution in [1.29, 1.82) is 0 Å². The van der Waals surface area contributed by atoms with E-state index < -0.39 is 16.6 Å². The van der Waals surface area contributed by atoms with E-state index in [1.807, 2.05) is 0 Å². The van der Waals surface area contributed by atoms with Gasteiger partial charge in [-0.05, 0) is 73.9 Å². The Hall–Kier alpha value is -0.206. The smallest absolute Gasteiger partial charge is 0.192 e. The highest BCUT2D eigenvalue weighted by molar-refractivity contribution is 6.74. The molecule has 6 atom stereocenters. The van der Waals surface area contributed by atoms with Crippen molar-refractivity contribution in [2.45, 2.75) is 142 Å². The number of aliphatic hydroxyl groups is 1. The molecule has 0 spiro atoms. The van der Waals surface area contributed by atoms with Gasteiger partial charge >= 0.3 is 0 Å². The van der Waals surface area contributed by atoms with E-state index >= 15 is 0 Å². The summed E-state index contributed by atoms with van der Waals surface area (Å²) in [6.45, 7) is 25.2. The van der Waals surface area contributed by atoms with E-state index in [-0.39, 0.29) is 23.4 Å². The van der Waals surface area contributed by atoms with Gasteiger partial charge in [-0.1, -0.05) is 85.5 Å². The number of hydrogen-bond acceptors (Lipinski definition) is 3. The first-order valence-electron chi connectivity index (χ1n) is 14.1.